The lowest BCUT2D eigenvalue weighted by Gasteiger charge is -2.30. The van der Waals surface area contributed by atoms with Gasteiger partial charge < -0.3 is 5.11 Å². The number of fused-ring (bicyclic) bond motifs is 1. The maximum atomic E-state index is 12.6. The zero-order chi connectivity index (χ0) is 17.3. The summed E-state index contributed by atoms with van der Waals surface area (Å²) in [7, 11) is -3.82. The molecule has 1 aromatic heterocycles. The van der Waals surface area contributed by atoms with E-state index < -0.39 is 27.4 Å². The smallest absolute Gasteiger partial charge is 0.304 e. The van der Waals surface area contributed by atoms with Crippen LogP contribution in [0.3, 0.4) is 0 Å². The lowest BCUT2D eigenvalue weighted by molar-refractivity contribution is -0.138. The molecule has 2 aromatic rings. The minimum absolute atomic E-state index is 0.0950. The van der Waals surface area contributed by atoms with Crippen LogP contribution in [0.15, 0.2) is 41.4 Å². The van der Waals surface area contributed by atoms with Crippen LogP contribution in [-0.4, -0.2) is 30.5 Å². The number of aromatic nitrogens is 1. The molecule has 1 atom stereocenters. The molecule has 0 bridgehead atoms. The molecular weight excluding hydrogens is 316 g/mol. The Balaban J connectivity index is 2.36. The lowest BCUT2D eigenvalue weighted by atomic mass is 9.85. The number of pyridine rings is 1. The predicted molar refractivity (Wildman–Crippen MR) is 87.6 cm³/mol. The van der Waals surface area contributed by atoms with Crippen molar-refractivity contribution in [2.45, 2.75) is 38.1 Å². The highest BCUT2D eigenvalue weighted by Gasteiger charge is 2.31. The molecule has 7 heteroatoms. The van der Waals surface area contributed by atoms with E-state index in [0.29, 0.717) is 10.9 Å². The van der Waals surface area contributed by atoms with Gasteiger partial charge in [-0.1, -0.05) is 26.8 Å². The molecule has 0 aliphatic rings. The summed E-state index contributed by atoms with van der Waals surface area (Å²) >= 11 is 0. The van der Waals surface area contributed by atoms with E-state index in [0.717, 1.165) is 0 Å². The highest BCUT2D eigenvalue weighted by Crippen LogP contribution is 2.25. The Kier molecular flexibility index (Phi) is 4.72. The van der Waals surface area contributed by atoms with Gasteiger partial charge in [-0.05, 0) is 29.7 Å². The Morgan fingerprint density at radius 3 is 2.61 bits per heavy atom. The fourth-order valence-corrected chi connectivity index (χ4v) is 3.65. The van der Waals surface area contributed by atoms with Gasteiger partial charge in [-0.25, -0.2) is 13.1 Å². The van der Waals surface area contributed by atoms with E-state index in [1.165, 1.54) is 12.1 Å². The molecule has 1 aromatic carbocycles. The Morgan fingerprint density at radius 2 is 2.00 bits per heavy atom. The minimum atomic E-state index is -3.82. The first-order valence-corrected chi connectivity index (χ1v) is 8.67. The van der Waals surface area contributed by atoms with Gasteiger partial charge in [0.1, 0.15) is 0 Å². The van der Waals surface area contributed by atoms with Crippen molar-refractivity contribution < 1.29 is 18.3 Å². The summed E-state index contributed by atoms with van der Waals surface area (Å²) in [6.07, 6.45) is 1.36. The number of benzene rings is 1. The summed E-state index contributed by atoms with van der Waals surface area (Å²) in [6.45, 7) is 5.40. The van der Waals surface area contributed by atoms with Gasteiger partial charge in [0.2, 0.25) is 10.0 Å². The number of hydrogen-bond acceptors (Lipinski definition) is 4. The number of sulfonamides is 1. The topological polar surface area (TPSA) is 96.4 Å². The van der Waals surface area contributed by atoms with Crippen molar-refractivity contribution in [2.75, 3.05) is 0 Å². The lowest BCUT2D eigenvalue weighted by Crippen LogP contribution is -2.44. The summed E-state index contributed by atoms with van der Waals surface area (Å²) in [5, 5.41) is 9.72. The maximum absolute atomic E-state index is 12.6. The van der Waals surface area contributed by atoms with Crippen molar-refractivity contribution in [3.63, 3.8) is 0 Å². The fraction of sp³-hybridized carbons (Fsp3) is 0.375. The zero-order valence-electron chi connectivity index (χ0n) is 13.3. The quantitative estimate of drug-likeness (QED) is 0.874. The van der Waals surface area contributed by atoms with Gasteiger partial charge in [0.05, 0.1) is 16.8 Å². The van der Waals surface area contributed by atoms with E-state index in [1.807, 2.05) is 0 Å². The zero-order valence-corrected chi connectivity index (χ0v) is 14.1. The largest absolute Gasteiger partial charge is 0.481 e. The SMILES string of the molecule is CC(C)(C)[C@H](CC(=O)O)NS(=O)(=O)c1ccc2ncccc2c1. The summed E-state index contributed by atoms with van der Waals surface area (Å²) < 4.78 is 27.7. The normalized spacial score (nSPS) is 13.9. The molecule has 0 fully saturated rings. The van der Waals surface area contributed by atoms with E-state index in [-0.39, 0.29) is 11.3 Å². The monoisotopic (exact) mass is 336 g/mol. The Morgan fingerprint density at radius 1 is 1.30 bits per heavy atom. The Bertz CT molecular complexity index is 825. The number of rotatable bonds is 5. The standard InChI is InChI=1S/C16H20N2O4S/c1-16(2,3)14(10-15(19)20)18-23(21,22)12-6-7-13-11(9-12)5-4-8-17-13/h4-9,14,18H,10H2,1-3H3,(H,19,20)/t14-/m0/s1. The van der Waals surface area contributed by atoms with Crippen LogP contribution < -0.4 is 4.72 Å². The van der Waals surface area contributed by atoms with E-state index >= 15 is 0 Å². The van der Waals surface area contributed by atoms with Crippen molar-refractivity contribution >= 4 is 26.9 Å². The number of carboxylic acid groups (broad SMARTS) is 1. The van der Waals surface area contributed by atoms with Crippen LogP contribution >= 0.6 is 0 Å². The van der Waals surface area contributed by atoms with Crippen LogP contribution in [0.5, 0.6) is 0 Å². The van der Waals surface area contributed by atoms with Gasteiger partial charge in [0.25, 0.3) is 0 Å². The molecule has 0 saturated heterocycles. The second-order valence-corrected chi connectivity index (χ2v) is 8.21. The first kappa shape index (κ1) is 17.4. The third-order valence-corrected chi connectivity index (χ3v) is 5.08. The summed E-state index contributed by atoms with van der Waals surface area (Å²) in [6, 6.07) is 7.43. The number of carbonyl (C=O) groups is 1. The van der Waals surface area contributed by atoms with Crippen LogP contribution in [0.4, 0.5) is 0 Å². The highest BCUT2D eigenvalue weighted by molar-refractivity contribution is 7.89. The molecule has 0 saturated carbocycles. The van der Waals surface area contributed by atoms with Crippen LogP contribution in [0.25, 0.3) is 10.9 Å². The second-order valence-electron chi connectivity index (χ2n) is 6.50. The van der Waals surface area contributed by atoms with E-state index in [9.17, 15) is 13.2 Å². The molecule has 0 unspecified atom stereocenters. The third-order valence-electron chi connectivity index (χ3n) is 3.61. The molecule has 0 aliphatic heterocycles. The van der Waals surface area contributed by atoms with Crippen LogP contribution in [0.1, 0.15) is 27.2 Å². The van der Waals surface area contributed by atoms with Crippen LogP contribution in [0, 0.1) is 5.41 Å². The molecule has 0 amide bonds. The molecule has 1 heterocycles. The number of nitrogens with zero attached hydrogens (tertiary/aromatic N) is 1. The summed E-state index contributed by atoms with van der Waals surface area (Å²) in [4.78, 5) is 15.3. The summed E-state index contributed by atoms with van der Waals surface area (Å²) in [5.41, 5.74) is 0.175. The van der Waals surface area contributed by atoms with Crippen molar-refractivity contribution in [1.82, 2.24) is 9.71 Å². The van der Waals surface area contributed by atoms with Crippen molar-refractivity contribution in [1.29, 1.82) is 0 Å². The molecule has 124 valence electrons. The van der Waals surface area contributed by atoms with Gasteiger partial charge in [-0.15, -0.1) is 0 Å². The molecule has 2 rings (SSSR count). The second kappa shape index (κ2) is 6.25. The van der Waals surface area contributed by atoms with Gasteiger partial charge in [0.15, 0.2) is 0 Å². The average molecular weight is 336 g/mol. The van der Waals surface area contributed by atoms with E-state index in [1.54, 1.807) is 45.2 Å². The van der Waals surface area contributed by atoms with Crippen molar-refractivity contribution in [2.24, 2.45) is 5.41 Å². The maximum Gasteiger partial charge on any atom is 0.304 e. The molecule has 0 aliphatic carbocycles. The molecule has 23 heavy (non-hydrogen) atoms. The number of nitrogens with one attached hydrogen (secondary N) is 1. The van der Waals surface area contributed by atoms with Gasteiger partial charge >= 0.3 is 5.97 Å². The minimum Gasteiger partial charge on any atom is -0.481 e. The first-order valence-electron chi connectivity index (χ1n) is 7.18. The van der Waals surface area contributed by atoms with Gasteiger partial charge in [0, 0.05) is 17.6 Å². The number of aliphatic carboxylic acids is 1. The molecule has 0 spiro atoms. The molecule has 6 nitrogen and oxygen atoms in total. The molecular formula is C16H20N2O4S. The Hall–Kier alpha value is -1.99. The highest BCUT2D eigenvalue weighted by atomic mass is 32.2. The predicted octanol–water partition coefficient (Wildman–Crippen LogP) is 2.40. The average Bonchev–Trinajstić information content (AvgIpc) is 2.44. The van der Waals surface area contributed by atoms with E-state index in [4.69, 9.17) is 5.11 Å². The van der Waals surface area contributed by atoms with Gasteiger partial charge in [-0.2, -0.15) is 0 Å². The number of carboxylic acids is 1. The van der Waals surface area contributed by atoms with Crippen LogP contribution in [0.2, 0.25) is 0 Å². The Labute approximate surface area is 135 Å². The number of hydrogen-bond donors (Lipinski definition) is 2. The van der Waals surface area contributed by atoms with Crippen molar-refractivity contribution in [3.05, 3.63) is 36.5 Å². The molecule has 2 N–H and O–H groups in total. The summed E-state index contributed by atoms with van der Waals surface area (Å²) in [5.74, 6) is -1.05. The van der Waals surface area contributed by atoms with Gasteiger partial charge in [-0.3, -0.25) is 9.78 Å². The fourth-order valence-electron chi connectivity index (χ4n) is 2.18. The van der Waals surface area contributed by atoms with Crippen LogP contribution in [-0.2, 0) is 14.8 Å². The molecule has 0 radical (unpaired) electrons. The van der Waals surface area contributed by atoms with E-state index in [2.05, 4.69) is 9.71 Å². The first-order chi connectivity index (χ1) is 10.6. The third kappa shape index (κ3) is 4.27. The van der Waals surface area contributed by atoms with Crippen molar-refractivity contribution in [3.8, 4) is 0 Å².